The molecule has 1 N–H and O–H groups in total. The van der Waals surface area contributed by atoms with Gasteiger partial charge in [-0.3, -0.25) is 9.59 Å². The molecule has 3 aromatic carbocycles. The lowest BCUT2D eigenvalue weighted by Gasteiger charge is -2.17. The second kappa shape index (κ2) is 8.29. The van der Waals surface area contributed by atoms with Gasteiger partial charge in [0, 0.05) is 35.1 Å². The van der Waals surface area contributed by atoms with Crippen LogP contribution in [0.1, 0.15) is 5.56 Å². The standard InChI is InChI=1S/C24H22N2O4/c1-26(14-23(27)25-21-9-5-7-16-6-3-4-8-19(16)21)24(28)12-17-15-30-22-13-18(29-2)10-11-20(17)22/h3-11,13,15H,12,14H2,1-2H3,(H,25,27). The zero-order chi connectivity index (χ0) is 21.1. The normalized spacial score (nSPS) is 10.9. The van der Waals surface area contributed by atoms with Crippen molar-refractivity contribution in [1.29, 1.82) is 0 Å². The number of likely N-dealkylation sites (N-methyl/N-ethyl adjacent to an activating group) is 1. The molecule has 2 amide bonds. The first-order chi connectivity index (χ1) is 14.5. The van der Waals surface area contributed by atoms with Crippen LogP contribution in [0.2, 0.25) is 0 Å². The highest BCUT2D eigenvalue weighted by atomic mass is 16.5. The highest BCUT2D eigenvalue weighted by molar-refractivity contribution is 6.03. The molecule has 1 heterocycles. The van der Waals surface area contributed by atoms with Crippen molar-refractivity contribution in [3.63, 3.8) is 0 Å². The van der Waals surface area contributed by atoms with E-state index in [9.17, 15) is 9.59 Å². The van der Waals surface area contributed by atoms with E-state index in [1.807, 2.05) is 54.6 Å². The molecule has 0 aliphatic carbocycles. The number of anilines is 1. The topological polar surface area (TPSA) is 71.8 Å². The van der Waals surface area contributed by atoms with E-state index in [0.29, 0.717) is 11.3 Å². The molecule has 4 rings (SSSR count). The number of carbonyl (C=O) groups is 2. The molecule has 6 nitrogen and oxygen atoms in total. The number of carbonyl (C=O) groups excluding carboxylic acids is 2. The van der Waals surface area contributed by atoms with Gasteiger partial charge >= 0.3 is 0 Å². The van der Waals surface area contributed by atoms with Gasteiger partial charge in [-0.1, -0.05) is 36.4 Å². The molecule has 30 heavy (non-hydrogen) atoms. The Bertz CT molecular complexity index is 1220. The number of ether oxygens (including phenoxy) is 1. The van der Waals surface area contributed by atoms with Crippen molar-refractivity contribution >= 4 is 39.2 Å². The van der Waals surface area contributed by atoms with E-state index in [1.165, 1.54) is 4.90 Å². The molecule has 0 unspecified atom stereocenters. The van der Waals surface area contributed by atoms with Gasteiger partial charge < -0.3 is 19.4 Å². The lowest BCUT2D eigenvalue weighted by atomic mass is 10.1. The number of rotatable bonds is 6. The van der Waals surface area contributed by atoms with Gasteiger partial charge in [-0.2, -0.15) is 0 Å². The summed E-state index contributed by atoms with van der Waals surface area (Å²) in [6.45, 7) is -0.0361. The first kappa shape index (κ1) is 19.5. The van der Waals surface area contributed by atoms with Crippen LogP contribution < -0.4 is 10.1 Å². The second-order valence-electron chi connectivity index (χ2n) is 7.12. The maximum absolute atomic E-state index is 12.7. The molecule has 0 spiro atoms. The fourth-order valence-electron chi connectivity index (χ4n) is 3.45. The monoisotopic (exact) mass is 402 g/mol. The third kappa shape index (κ3) is 3.98. The summed E-state index contributed by atoms with van der Waals surface area (Å²) in [4.78, 5) is 26.6. The summed E-state index contributed by atoms with van der Waals surface area (Å²) < 4.78 is 10.7. The Morgan fingerprint density at radius 3 is 2.67 bits per heavy atom. The van der Waals surface area contributed by atoms with Gasteiger partial charge in [0.2, 0.25) is 11.8 Å². The Labute approximate surface area is 174 Å². The number of hydrogen-bond acceptors (Lipinski definition) is 4. The zero-order valence-corrected chi connectivity index (χ0v) is 16.8. The fraction of sp³-hybridized carbons (Fsp3) is 0.167. The smallest absolute Gasteiger partial charge is 0.244 e. The number of nitrogens with one attached hydrogen (secondary N) is 1. The number of fused-ring (bicyclic) bond motifs is 2. The Morgan fingerprint density at radius 2 is 1.83 bits per heavy atom. The molecule has 0 fully saturated rings. The molecule has 152 valence electrons. The van der Waals surface area contributed by atoms with Crippen LogP contribution >= 0.6 is 0 Å². The molecule has 4 aromatic rings. The van der Waals surface area contributed by atoms with Crippen molar-refractivity contribution in [2.45, 2.75) is 6.42 Å². The minimum atomic E-state index is -0.246. The predicted molar refractivity (Wildman–Crippen MR) is 117 cm³/mol. The van der Waals surface area contributed by atoms with E-state index in [0.717, 1.165) is 27.4 Å². The third-order valence-electron chi connectivity index (χ3n) is 5.07. The number of furan rings is 1. The van der Waals surface area contributed by atoms with Crippen molar-refractivity contribution in [1.82, 2.24) is 4.90 Å². The Balaban J connectivity index is 1.41. The van der Waals surface area contributed by atoms with Gasteiger partial charge in [0.05, 0.1) is 26.3 Å². The Morgan fingerprint density at radius 1 is 1.03 bits per heavy atom. The van der Waals surface area contributed by atoms with Crippen molar-refractivity contribution in [2.24, 2.45) is 0 Å². The highest BCUT2D eigenvalue weighted by Gasteiger charge is 2.17. The van der Waals surface area contributed by atoms with E-state index >= 15 is 0 Å². The van der Waals surface area contributed by atoms with Crippen molar-refractivity contribution in [2.75, 3.05) is 26.0 Å². The number of amides is 2. The minimum Gasteiger partial charge on any atom is -0.497 e. The van der Waals surface area contributed by atoms with Crippen LogP contribution in [0.3, 0.4) is 0 Å². The van der Waals surface area contributed by atoms with Gasteiger partial charge in [-0.15, -0.1) is 0 Å². The average Bonchev–Trinajstić information content (AvgIpc) is 3.15. The van der Waals surface area contributed by atoms with Crippen molar-refractivity contribution in [3.05, 3.63) is 72.5 Å². The summed E-state index contributed by atoms with van der Waals surface area (Å²) >= 11 is 0. The van der Waals surface area contributed by atoms with Crippen molar-refractivity contribution in [3.8, 4) is 5.75 Å². The van der Waals surface area contributed by atoms with E-state index in [2.05, 4.69) is 5.32 Å². The number of benzene rings is 3. The third-order valence-corrected chi connectivity index (χ3v) is 5.07. The SMILES string of the molecule is COc1ccc2c(CC(=O)N(C)CC(=O)Nc3cccc4ccccc34)coc2c1. The first-order valence-electron chi connectivity index (χ1n) is 9.61. The summed E-state index contributed by atoms with van der Waals surface area (Å²) in [5, 5.41) is 5.77. The summed E-state index contributed by atoms with van der Waals surface area (Å²) in [6, 6.07) is 19.1. The summed E-state index contributed by atoms with van der Waals surface area (Å²) in [6.07, 6.45) is 1.73. The molecule has 0 aliphatic heterocycles. The first-order valence-corrected chi connectivity index (χ1v) is 9.61. The average molecular weight is 402 g/mol. The van der Waals surface area contributed by atoms with E-state index < -0.39 is 0 Å². The van der Waals surface area contributed by atoms with Crippen LogP contribution in [0.25, 0.3) is 21.7 Å². The molecular weight excluding hydrogens is 380 g/mol. The highest BCUT2D eigenvalue weighted by Crippen LogP contribution is 2.26. The van der Waals surface area contributed by atoms with Gasteiger partial charge in [0.25, 0.3) is 0 Å². The minimum absolute atomic E-state index is 0.0361. The Kier molecular flexibility index (Phi) is 5.39. The Hall–Kier alpha value is -3.80. The molecule has 0 saturated carbocycles. The largest absolute Gasteiger partial charge is 0.497 e. The molecule has 0 aliphatic rings. The van der Waals surface area contributed by atoms with Crippen LogP contribution in [0.5, 0.6) is 5.75 Å². The number of hydrogen-bond donors (Lipinski definition) is 1. The molecule has 0 saturated heterocycles. The van der Waals surface area contributed by atoms with Gasteiger partial charge in [-0.05, 0) is 23.6 Å². The maximum Gasteiger partial charge on any atom is 0.244 e. The quantitative estimate of drug-likeness (QED) is 0.524. The van der Waals surface area contributed by atoms with Crippen LogP contribution in [-0.4, -0.2) is 37.4 Å². The summed E-state index contributed by atoms with van der Waals surface area (Å²) in [7, 11) is 3.21. The fourth-order valence-corrected chi connectivity index (χ4v) is 3.45. The number of methoxy groups -OCH3 is 1. The summed E-state index contributed by atoms with van der Waals surface area (Å²) in [5.74, 6) is 0.280. The number of nitrogens with zero attached hydrogens (tertiary/aromatic N) is 1. The van der Waals surface area contributed by atoms with E-state index in [-0.39, 0.29) is 24.8 Å². The lowest BCUT2D eigenvalue weighted by Crippen LogP contribution is -2.35. The van der Waals surface area contributed by atoms with Gasteiger partial charge in [-0.25, -0.2) is 0 Å². The molecule has 0 bridgehead atoms. The second-order valence-corrected chi connectivity index (χ2v) is 7.12. The zero-order valence-electron chi connectivity index (χ0n) is 16.8. The van der Waals surface area contributed by atoms with Crippen LogP contribution in [-0.2, 0) is 16.0 Å². The molecule has 6 heteroatoms. The van der Waals surface area contributed by atoms with Crippen LogP contribution in [0, 0.1) is 0 Å². The molecule has 0 radical (unpaired) electrons. The van der Waals surface area contributed by atoms with Crippen LogP contribution in [0.4, 0.5) is 5.69 Å². The maximum atomic E-state index is 12.7. The predicted octanol–water partition coefficient (Wildman–Crippen LogP) is 4.23. The lowest BCUT2D eigenvalue weighted by molar-refractivity contribution is -0.132. The van der Waals surface area contributed by atoms with E-state index in [1.54, 1.807) is 26.5 Å². The molecular formula is C24H22N2O4. The van der Waals surface area contributed by atoms with Gasteiger partial charge in [0.15, 0.2) is 0 Å². The molecule has 0 atom stereocenters. The van der Waals surface area contributed by atoms with Crippen LogP contribution in [0.15, 0.2) is 71.3 Å². The van der Waals surface area contributed by atoms with Gasteiger partial charge in [0.1, 0.15) is 11.3 Å². The summed E-state index contributed by atoms with van der Waals surface area (Å²) in [5.41, 5.74) is 2.17. The van der Waals surface area contributed by atoms with E-state index in [4.69, 9.17) is 9.15 Å². The molecule has 1 aromatic heterocycles. The van der Waals surface area contributed by atoms with Crippen molar-refractivity contribution < 1.29 is 18.7 Å².